The first-order valence-corrected chi connectivity index (χ1v) is 3.86. The Morgan fingerprint density at radius 1 is 1.30 bits per heavy atom. The Balaban J connectivity index is 4.29. The van der Waals surface area contributed by atoms with E-state index in [1.54, 1.807) is 0 Å². The molecule has 0 aromatic rings. The Bertz CT molecular complexity index is 143. The summed E-state index contributed by atoms with van der Waals surface area (Å²) in [6, 6.07) is 0. The summed E-state index contributed by atoms with van der Waals surface area (Å²) in [5.41, 5.74) is 8.03. The van der Waals surface area contributed by atoms with Gasteiger partial charge in [-0.05, 0) is 25.3 Å². The second-order valence-corrected chi connectivity index (χ2v) is 2.26. The van der Waals surface area contributed by atoms with Gasteiger partial charge in [-0.3, -0.25) is 0 Å². The molecule has 0 saturated heterocycles. The molecule has 0 rings (SSSR count). The molecular weight excluding hydrogens is 122 g/mol. The second-order valence-electron chi connectivity index (χ2n) is 2.26. The van der Waals surface area contributed by atoms with E-state index in [0.717, 1.165) is 18.5 Å². The third kappa shape index (κ3) is 2.72. The first kappa shape index (κ1) is 9.28. The van der Waals surface area contributed by atoms with Crippen molar-refractivity contribution >= 4 is 0 Å². The number of rotatable bonds is 3. The summed E-state index contributed by atoms with van der Waals surface area (Å²) in [4.78, 5) is 0. The highest BCUT2D eigenvalue weighted by atomic mass is 14.6. The fraction of sp³-hybridized carbons (Fsp3) is 0.556. The highest BCUT2D eigenvalue weighted by molar-refractivity contribution is 5.22. The molecule has 0 heterocycles. The van der Waals surface area contributed by atoms with Crippen molar-refractivity contribution in [1.82, 2.24) is 0 Å². The van der Waals surface area contributed by atoms with Crippen molar-refractivity contribution in [3.05, 3.63) is 23.4 Å². The van der Waals surface area contributed by atoms with Crippen LogP contribution < -0.4 is 5.73 Å². The van der Waals surface area contributed by atoms with E-state index in [2.05, 4.69) is 19.9 Å². The molecule has 0 spiro atoms. The quantitative estimate of drug-likeness (QED) is 0.597. The summed E-state index contributed by atoms with van der Waals surface area (Å²) < 4.78 is 0. The molecule has 0 unspecified atom stereocenters. The number of hydrogen-bond donors (Lipinski definition) is 1. The lowest BCUT2D eigenvalue weighted by Gasteiger charge is -2.01. The predicted molar refractivity (Wildman–Crippen MR) is 46.6 cm³/mol. The maximum Gasteiger partial charge on any atom is 0.0110 e. The highest BCUT2D eigenvalue weighted by Crippen LogP contribution is 2.08. The minimum atomic E-state index is 0.952. The van der Waals surface area contributed by atoms with E-state index in [0.29, 0.717) is 0 Å². The van der Waals surface area contributed by atoms with Crippen LogP contribution in [0.2, 0.25) is 0 Å². The molecule has 0 atom stereocenters. The molecule has 1 nitrogen and oxygen atoms in total. The Kier molecular flexibility index (Phi) is 4.73. The zero-order valence-corrected chi connectivity index (χ0v) is 7.15. The van der Waals surface area contributed by atoms with E-state index in [1.165, 1.54) is 5.57 Å². The van der Waals surface area contributed by atoms with Gasteiger partial charge in [0, 0.05) is 5.70 Å². The molecule has 0 bridgehead atoms. The van der Waals surface area contributed by atoms with Crippen LogP contribution in [-0.2, 0) is 0 Å². The van der Waals surface area contributed by atoms with E-state index >= 15 is 0 Å². The fourth-order valence-corrected chi connectivity index (χ4v) is 0.880. The topological polar surface area (TPSA) is 26.0 Å². The average Bonchev–Trinajstić information content (AvgIpc) is 1.99. The Morgan fingerprint density at radius 3 is 2.20 bits per heavy atom. The van der Waals surface area contributed by atoms with Gasteiger partial charge < -0.3 is 5.73 Å². The molecule has 0 aromatic heterocycles. The first-order chi connectivity index (χ1) is 4.76. The summed E-state index contributed by atoms with van der Waals surface area (Å²) >= 11 is 0. The Labute approximate surface area is 63.6 Å². The molecule has 0 amide bonds. The van der Waals surface area contributed by atoms with Crippen molar-refractivity contribution in [1.29, 1.82) is 0 Å². The summed E-state index contributed by atoms with van der Waals surface area (Å²) in [6.45, 7) is 6.21. The van der Waals surface area contributed by atoms with Crippen molar-refractivity contribution < 1.29 is 0 Å². The number of nitrogens with two attached hydrogens (primary N) is 1. The predicted octanol–water partition coefficient (Wildman–Crippen LogP) is 2.60. The van der Waals surface area contributed by atoms with Gasteiger partial charge in [0.05, 0.1) is 0 Å². The van der Waals surface area contributed by atoms with Gasteiger partial charge in [-0.1, -0.05) is 26.0 Å². The van der Waals surface area contributed by atoms with Gasteiger partial charge in [0.1, 0.15) is 0 Å². The van der Waals surface area contributed by atoms with Gasteiger partial charge in [0.25, 0.3) is 0 Å². The zero-order valence-electron chi connectivity index (χ0n) is 7.15. The van der Waals surface area contributed by atoms with E-state index in [4.69, 9.17) is 5.73 Å². The van der Waals surface area contributed by atoms with Crippen LogP contribution >= 0.6 is 0 Å². The summed E-state index contributed by atoms with van der Waals surface area (Å²) in [6.07, 6.45) is 6.09. The first-order valence-electron chi connectivity index (χ1n) is 3.86. The monoisotopic (exact) mass is 139 g/mol. The van der Waals surface area contributed by atoms with Crippen LogP contribution in [0, 0.1) is 0 Å². The van der Waals surface area contributed by atoms with Gasteiger partial charge in [0.2, 0.25) is 0 Å². The van der Waals surface area contributed by atoms with E-state index in [-0.39, 0.29) is 0 Å². The molecule has 0 fully saturated rings. The fourth-order valence-electron chi connectivity index (χ4n) is 0.880. The molecule has 0 aliphatic rings. The molecule has 2 N–H and O–H groups in total. The van der Waals surface area contributed by atoms with Crippen LogP contribution in [0.4, 0.5) is 0 Å². The lowest BCUT2D eigenvalue weighted by atomic mass is 10.1. The van der Waals surface area contributed by atoms with Gasteiger partial charge >= 0.3 is 0 Å². The lowest BCUT2D eigenvalue weighted by molar-refractivity contribution is 0.993. The maximum absolute atomic E-state index is 5.74. The molecule has 58 valence electrons. The molecule has 0 radical (unpaired) electrons. The smallest absolute Gasteiger partial charge is 0.0110 e. The zero-order chi connectivity index (χ0) is 7.98. The SMILES string of the molecule is CC=CC(CC)=C(N)CC. The summed E-state index contributed by atoms with van der Waals surface area (Å²) in [5.74, 6) is 0. The Morgan fingerprint density at radius 2 is 1.90 bits per heavy atom. The minimum Gasteiger partial charge on any atom is -0.402 e. The average molecular weight is 139 g/mol. The lowest BCUT2D eigenvalue weighted by Crippen LogP contribution is -1.98. The van der Waals surface area contributed by atoms with Gasteiger partial charge in [-0.2, -0.15) is 0 Å². The van der Waals surface area contributed by atoms with Gasteiger partial charge in [0.15, 0.2) is 0 Å². The van der Waals surface area contributed by atoms with Crippen molar-refractivity contribution in [2.24, 2.45) is 5.73 Å². The largest absolute Gasteiger partial charge is 0.402 e. The molecule has 0 aliphatic carbocycles. The molecule has 0 aromatic carbocycles. The third-order valence-electron chi connectivity index (χ3n) is 1.54. The minimum absolute atomic E-state index is 0.952. The summed E-state index contributed by atoms with van der Waals surface area (Å²) in [7, 11) is 0. The van der Waals surface area contributed by atoms with Crippen LogP contribution in [0.15, 0.2) is 23.4 Å². The van der Waals surface area contributed by atoms with Crippen LogP contribution in [-0.4, -0.2) is 0 Å². The van der Waals surface area contributed by atoms with Crippen LogP contribution in [0.3, 0.4) is 0 Å². The van der Waals surface area contributed by atoms with Crippen molar-refractivity contribution in [2.45, 2.75) is 33.6 Å². The van der Waals surface area contributed by atoms with Crippen molar-refractivity contribution in [3.8, 4) is 0 Å². The third-order valence-corrected chi connectivity index (χ3v) is 1.54. The van der Waals surface area contributed by atoms with Crippen LogP contribution in [0.1, 0.15) is 33.6 Å². The van der Waals surface area contributed by atoms with E-state index in [1.807, 2.05) is 13.0 Å². The van der Waals surface area contributed by atoms with Crippen LogP contribution in [0.5, 0.6) is 0 Å². The van der Waals surface area contributed by atoms with Crippen LogP contribution in [0.25, 0.3) is 0 Å². The maximum atomic E-state index is 5.74. The highest BCUT2D eigenvalue weighted by Gasteiger charge is 1.92. The normalized spacial score (nSPS) is 13.9. The van der Waals surface area contributed by atoms with E-state index in [9.17, 15) is 0 Å². The van der Waals surface area contributed by atoms with Gasteiger partial charge in [-0.25, -0.2) is 0 Å². The van der Waals surface area contributed by atoms with Gasteiger partial charge in [-0.15, -0.1) is 0 Å². The van der Waals surface area contributed by atoms with E-state index < -0.39 is 0 Å². The molecule has 1 heteroatoms. The molecule has 10 heavy (non-hydrogen) atoms. The van der Waals surface area contributed by atoms with Crippen molar-refractivity contribution in [3.63, 3.8) is 0 Å². The number of hydrogen-bond acceptors (Lipinski definition) is 1. The van der Waals surface area contributed by atoms with Crippen molar-refractivity contribution in [2.75, 3.05) is 0 Å². The molecular formula is C9H17N. The Hall–Kier alpha value is -0.720. The standard InChI is InChI=1S/C9H17N/c1-4-7-8(5-2)9(10)6-3/h4,7H,5-6,10H2,1-3H3. The molecule has 0 saturated carbocycles. The summed E-state index contributed by atoms with van der Waals surface area (Å²) in [5, 5.41) is 0. The second kappa shape index (κ2) is 5.10. The number of allylic oxidation sites excluding steroid dienone is 4. The molecule has 0 aliphatic heterocycles.